The summed E-state index contributed by atoms with van der Waals surface area (Å²) < 4.78 is 0. The first kappa shape index (κ1) is 15.3. The SMILES string of the molecule is CC(C)=C(/C(=C(\C)N)C(C)(C)C)C(C)(C)C. The van der Waals surface area contributed by atoms with Gasteiger partial charge in [-0.15, -0.1) is 0 Å². The Labute approximate surface area is 102 Å². The summed E-state index contributed by atoms with van der Waals surface area (Å²) in [6.07, 6.45) is 0. The zero-order valence-electron chi connectivity index (χ0n) is 12.6. The Kier molecular flexibility index (Phi) is 4.44. The lowest BCUT2D eigenvalue weighted by molar-refractivity contribution is 0.438. The minimum Gasteiger partial charge on any atom is -0.402 e. The molecule has 0 aliphatic rings. The molecule has 0 radical (unpaired) electrons. The van der Waals surface area contributed by atoms with Gasteiger partial charge in [-0.25, -0.2) is 0 Å². The van der Waals surface area contributed by atoms with Crippen LogP contribution in [0.1, 0.15) is 62.3 Å². The first-order chi connectivity index (χ1) is 6.89. The summed E-state index contributed by atoms with van der Waals surface area (Å²) in [5, 5.41) is 0. The number of nitrogens with two attached hydrogens (primary N) is 1. The van der Waals surface area contributed by atoms with Crippen molar-refractivity contribution in [1.82, 2.24) is 0 Å². The van der Waals surface area contributed by atoms with Gasteiger partial charge in [0, 0.05) is 5.70 Å². The smallest absolute Gasteiger partial charge is 0.00897 e. The highest BCUT2D eigenvalue weighted by atomic mass is 14.6. The van der Waals surface area contributed by atoms with E-state index in [1.165, 1.54) is 16.7 Å². The average molecular weight is 223 g/mol. The zero-order chi connectivity index (χ0) is 13.3. The third kappa shape index (κ3) is 3.70. The van der Waals surface area contributed by atoms with E-state index >= 15 is 0 Å². The molecule has 0 aliphatic carbocycles. The lowest BCUT2D eigenvalue weighted by Gasteiger charge is -2.35. The summed E-state index contributed by atoms with van der Waals surface area (Å²) in [4.78, 5) is 0. The van der Waals surface area contributed by atoms with Gasteiger partial charge in [-0.2, -0.15) is 0 Å². The standard InChI is InChI=1S/C15H29N/c1-10(2)12(14(4,5)6)13(11(3)16)15(7,8)9/h16H2,1-9H3/b13-11-. The summed E-state index contributed by atoms with van der Waals surface area (Å²) in [5.41, 5.74) is 11.4. The zero-order valence-corrected chi connectivity index (χ0v) is 12.6. The molecule has 0 atom stereocenters. The van der Waals surface area contributed by atoms with Gasteiger partial charge in [-0.3, -0.25) is 0 Å². The van der Waals surface area contributed by atoms with E-state index in [0.29, 0.717) is 0 Å². The number of hydrogen-bond donors (Lipinski definition) is 1. The van der Waals surface area contributed by atoms with Crippen LogP contribution in [0.15, 0.2) is 22.4 Å². The van der Waals surface area contributed by atoms with Crippen LogP contribution in [-0.2, 0) is 0 Å². The molecule has 0 fully saturated rings. The molecule has 0 heterocycles. The lowest BCUT2D eigenvalue weighted by atomic mass is 9.70. The number of allylic oxidation sites excluding steroid dienone is 4. The Bertz CT molecular complexity index is 274. The van der Waals surface area contributed by atoms with Crippen LogP contribution < -0.4 is 5.73 Å². The summed E-state index contributed by atoms with van der Waals surface area (Å²) in [6.45, 7) is 19.8. The van der Waals surface area contributed by atoms with Crippen molar-refractivity contribution in [2.75, 3.05) is 0 Å². The fourth-order valence-electron chi connectivity index (χ4n) is 2.54. The van der Waals surface area contributed by atoms with Crippen molar-refractivity contribution in [3.05, 3.63) is 22.4 Å². The van der Waals surface area contributed by atoms with Crippen molar-refractivity contribution in [2.24, 2.45) is 16.6 Å². The maximum atomic E-state index is 6.10. The van der Waals surface area contributed by atoms with Gasteiger partial charge in [0.15, 0.2) is 0 Å². The molecule has 0 unspecified atom stereocenters. The molecule has 0 aromatic carbocycles. The minimum atomic E-state index is 0.0959. The van der Waals surface area contributed by atoms with Gasteiger partial charge in [0.25, 0.3) is 0 Å². The van der Waals surface area contributed by atoms with Crippen LogP contribution in [-0.4, -0.2) is 0 Å². The maximum Gasteiger partial charge on any atom is 0.00897 e. The fourth-order valence-corrected chi connectivity index (χ4v) is 2.54. The van der Waals surface area contributed by atoms with Crippen molar-refractivity contribution in [1.29, 1.82) is 0 Å². The Morgan fingerprint density at radius 2 is 1.00 bits per heavy atom. The lowest BCUT2D eigenvalue weighted by Crippen LogP contribution is -2.24. The van der Waals surface area contributed by atoms with Crippen LogP contribution in [0, 0.1) is 10.8 Å². The Morgan fingerprint density at radius 3 is 1.06 bits per heavy atom. The average Bonchev–Trinajstić information content (AvgIpc) is 1.92. The van der Waals surface area contributed by atoms with E-state index in [0.717, 1.165) is 5.70 Å². The van der Waals surface area contributed by atoms with Crippen molar-refractivity contribution >= 4 is 0 Å². The van der Waals surface area contributed by atoms with Crippen molar-refractivity contribution in [3.8, 4) is 0 Å². The largest absolute Gasteiger partial charge is 0.402 e. The van der Waals surface area contributed by atoms with E-state index in [9.17, 15) is 0 Å². The fraction of sp³-hybridized carbons (Fsp3) is 0.733. The molecule has 2 N–H and O–H groups in total. The topological polar surface area (TPSA) is 26.0 Å². The van der Waals surface area contributed by atoms with Crippen LogP contribution in [0.2, 0.25) is 0 Å². The third-order valence-electron chi connectivity index (χ3n) is 2.64. The van der Waals surface area contributed by atoms with E-state index in [2.05, 4.69) is 55.4 Å². The highest BCUT2D eigenvalue weighted by Crippen LogP contribution is 2.42. The molecule has 0 aromatic rings. The van der Waals surface area contributed by atoms with E-state index in [4.69, 9.17) is 5.73 Å². The van der Waals surface area contributed by atoms with E-state index in [-0.39, 0.29) is 10.8 Å². The quantitative estimate of drug-likeness (QED) is 0.643. The van der Waals surface area contributed by atoms with E-state index in [1.54, 1.807) is 0 Å². The highest BCUT2D eigenvalue weighted by molar-refractivity contribution is 5.43. The molecule has 0 aliphatic heterocycles. The second-order valence-corrected chi connectivity index (χ2v) is 6.93. The third-order valence-corrected chi connectivity index (χ3v) is 2.64. The second-order valence-electron chi connectivity index (χ2n) is 6.93. The van der Waals surface area contributed by atoms with Gasteiger partial charge in [-0.05, 0) is 42.7 Å². The Balaban J connectivity index is 5.95. The summed E-state index contributed by atoms with van der Waals surface area (Å²) in [7, 11) is 0. The highest BCUT2D eigenvalue weighted by Gasteiger charge is 2.30. The van der Waals surface area contributed by atoms with Crippen LogP contribution >= 0.6 is 0 Å². The molecular weight excluding hydrogens is 194 g/mol. The molecule has 0 saturated carbocycles. The van der Waals surface area contributed by atoms with Crippen molar-refractivity contribution < 1.29 is 0 Å². The van der Waals surface area contributed by atoms with Gasteiger partial charge >= 0.3 is 0 Å². The molecular formula is C15H29N. The van der Waals surface area contributed by atoms with Crippen molar-refractivity contribution in [2.45, 2.75) is 62.3 Å². The number of hydrogen-bond acceptors (Lipinski definition) is 1. The Morgan fingerprint density at radius 1 is 0.688 bits per heavy atom. The molecule has 0 aromatic heterocycles. The predicted molar refractivity (Wildman–Crippen MR) is 74.2 cm³/mol. The first-order valence-corrected chi connectivity index (χ1v) is 6.04. The molecule has 1 heteroatoms. The summed E-state index contributed by atoms with van der Waals surface area (Å²) in [6, 6.07) is 0. The monoisotopic (exact) mass is 223 g/mol. The van der Waals surface area contributed by atoms with Gasteiger partial charge in [0.05, 0.1) is 0 Å². The van der Waals surface area contributed by atoms with Crippen LogP contribution in [0.5, 0.6) is 0 Å². The summed E-state index contributed by atoms with van der Waals surface area (Å²) in [5.74, 6) is 0. The van der Waals surface area contributed by atoms with E-state index < -0.39 is 0 Å². The van der Waals surface area contributed by atoms with Crippen LogP contribution in [0.4, 0.5) is 0 Å². The van der Waals surface area contributed by atoms with Crippen LogP contribution in [0.25, 0.3) is 0 Å². The first-order valence-electron chi connectivity index (χ1n) is 6.04. The molecule has 94 valence electrons. The molecule has 0 bridgehead atoms. The molecule has 0 saturated heterocycles. The number of rotatable bonds is 1. The molecule has 16 heavy (non-hydrogen) atoms. The minimum absolute atomic E-state index is 0.0959. The second kappa shape index (κ2) is 4.65. The van der Waals surface area contributed by atoms with Gasteiger partial charge < -0.3 is 5.73 Å². The normalized spacial score (nSPS) is 14.6. The molecule has 1 nitrogen and oxygen atoms in total. The van der Waals surface area contributed by atoms with Gasteiger partial charge in [-0.1, -0.05) is 47.1 Å². The maximum absolute atomic E-state index is 6.10. The van der Waals surface area contributed by atoms with Gasteiger partial charge in [0.2, 0.25) is 0 Å². The van der Waals surface area contributed by atoms with Crippen molar-refractivity contribution in [3.63, 3.8) is 0 Å². The molecule has 0 amide bonds. The van der Waals surface area contributed by atoms with Gasteiger partial charge in [0.1, 0.15) is 0 Å². The summed E-state index contributed by atoms with van der Waals surface area (Å²) >= 11 is 0. The van der Waals surface area contributed by atoms with E-state index in [1.807, 2.05) is 6.92 Å². The molecule has 0 rings (SSSR count). The predicted octanol–water partition coefficient (Wildman–Crippen LogP) is 4.65. The Hall–Kier alpha value is -0.720. The van der Waals surface area contributed by atoms with Crippen LogP contribution in [0.3, 0.4) is 0 Å². The molecule has 0 spiro atoms.